The normalized spacial score (nSPS) is 10.1. The molecule has 0 spiro atoms. The fourth-order valence-corrected chi connectivity index (χ4v) is 1.28. The largest absolute Gasteiger partial charge is 0.494 e. The van der Waals surface area contributed by atoms with Crippen LogP contribution in [-0.4, -0.2) is 13.2 Å². The number of aryl methyl sites for hydroxylation is 1. The van der Waals surface area contributed by atoms with Crippen molar-refractivity contribution in [2.75, 3.05) is 13.2 Å². The van der Waals surface area contributed by atoms with E-state index in [9.17, 15) is 0 Å². The zero-order valence-electron chi connectivity index (χ0n) is 8.83. The Balaban J connectivity index is 2.42. The lowest BCUT2D eigenvalue weighted by Gasteiger charge is -2.05. The van der Waals surface area contributed by atoms with Crippen molar-refractivity contribution in [3.05, 3.63) is 29.8 Å². The zero-order valence-corrected chi connectivity index (χ0v) is 8.83. The Bertz CT molecular complexity index is 216. The monoisotopic (exact) mass is 193 g/mol. The van der Waals surface area contributed by atoms with Gasteiger partial charge in [0.25, 0.3) is 0 Å². The second kappa shape index (κ2) is 6.44. The highest BCUT2D eigenvalue weighted by Crippen LogP contribution is 2.13. The van der Waals surface area contributed by atoms with Gasteiger partial charge in [0, 0.05) is 0 Å². The van der Waals surface area contributed by atoms with Gasteiger partial charge >= 0.3 is 0 Å². The fourth-order valence-electron chi connectivity index (χ4n) is 1.28. The van der Waals surface area contributed by atoms with Crippen LogP contribution in [0, 0.1) is 0 Å². The molecule has 0 aromatic heterocycles. The average Bonchev–Trinajstić information content (AvgIpc) is 2.25. The first kappa shape index (κ1) is 11.1. The molecular formula is C12H19NO. The van der Waals surface area contributed by atoms with E-state index in [2.05, 4.69) is 19.1 Å². The summed E-state index contributed by atoms with van der Waals surface area (Å²) in [5.41, 5.74) is 6.78. The standard InChI is InChI=1S/C12H19NO/c1-2-10-14-12-7-5-11(6-8-12)4-3-9-13/h5-8H,2-4,9-10,13H2,1H3. The summed E-state index contributed by atoms with van der Waals surface area (Å²) in [6, 6.07) is 8.28. The van der Waals surface area contributed by atoms with Crippen molar-refractivity contribution in [2.24, 2.45) is 5.73 Å². The summed E-state index contributed by atoms with van der Waals surface area (Å²) in [6.07, 6.45) is 3.16. The summed E-state index contributed by atoms with van der Waals surface area (Å²) in [4.78, 5) is 0. The second-order valence-corrected chi connectivity index (χ2v) is 3.38. The van der Waals surface area contributed by atoms with E-state index in [4.69, 9.17) is 10.5 Å². The maximum atomic E-state index is 5.49. The van der Waals surface area contributed by atoms with Gasteiger partial charge in [0.15, 0.2) is 0 Å². The number of nitrogens with two attached hydrogens (primary N) is 1. The molecule has 1 aromatic rings. The molecule has 0 radical (unpaired) electrons. The summed E-state index contributed by atoms with van der Waals surface area (Å²) < 4.78 is 5.49. The SMILES string of the molecule is CCCOc1ccc(CCCN)cc1. The number of benzene rings is 1. The first-order valence-electron chi connectivity index (χ1n) is 5.28. The summed E-state index contributed by atoms with van der Waals surface area (Å²) >= 11 is 0. The molecule has 0 amide bonds. The van der Waals surface area contributed by atoms with Gasteiger partial charge in [-0.2, -0.15) is 0 Å². The average molecular weight is 193 g/mol. The highest BCUT2D eigenvalue weighted by molar-refractivity contribution is 5.27. The highest BCUT2D eigenvalue weighted by Gasteiger charge is 1.94. The van der Waals surface area contributed by atoms with Gasteiger partial charge in [0.2, 0.25) is 0 Å². The maximum Gasteiger partial charge on any atom is 0.119 e. The van der Waals surface area contributed by atoms with E-state index in [1.165, 1.54) is 5.56 Å². The smallest absolute Gasteiger partial charge is 0.119 e. The quantitative estimate of drug-likeness (QED) is 0.752. The lowest BCUT2D eigenvalue weighted by Crippen LogP contribution is -2.00. The Kier molecular flexibility index (Phi) is 5.08. The molecule has 0 aliphatic heterocycles. The molecule has 0 saturated carbocycles. The van der Waals surface area contributed by atoms with E-state index < -0.39 is 0 Å². The molecule has 0 aliphatic carbocycles. The van der Waals surface area contributed by atoms with Gasteiger partial charge in [-0.1, -0.05) is 19.1 Å². The van der Waals surface area contributed by atoms with E-state index in [1.54, 1.807) is 0 Å². The van der Waals surface area contributed by atoms with Crippen LogP contribution in [0.15, 0.2) is 24.3 Å². The summed E-state index contributed by atoms with van der Waals surface area (Å²) in [5, 5.41) is 0. The van der Waals surface area contributed by atoms with Crippen molar-refractivity contribution in [1.82, 2.24) is 0 Å². The third-order valence-electron chi connectivity index (χ3n) is 2.07. The predicted octanol–water partition coefficient (Wildman–Crippen LogP) is 2.37. The molecule has 0 fully saturated rings. The molecule has 14 heavy (non-hydrogen) atoms. The Morgan fingerprint density at radius 1 is 1.21 bits per heavy atom. The molecule has 0 heterocycles. The van der Waals surface area contributed by atoms with Crippen LogP contribution >= 0.6 is 0 Å². The third kappa shape index (κ3) is 3.79. The highest BCUT2D eigenvalue weighted by atomic mass is 16.5. The third-order valence-corrected chi connectivity index (χ3v) is 2.07. The van der Waals surface area contributed by atoms with Gasteiger partial charge in [-0.3, -0.25) is 0 Å². The van der Waals surface area contributed by atoms with Crippen molar-refractivity contribution in [3.63, 3.8) is 0 Å². The van der Waals surface area contributed by atoms with Gasteiger partial charge < -0.3 is 10.5 Å². The number of rotatable bonds is 6. The molecule has 0 unspecified atom stereocenters. The van der Waals surface area contributed by atoms with Gasteiger partial charge in [-0.15, -0.1) is 0 Å². The Labute approximate surface area is 86.1 Å². The van der Waals surface area contributed by atoms with E-state index in [-0.39, 0.29) is 0 Å². The van der Waals surface area contributed by atoms with Crippen LogP contribution in [0.2, 0.25) is 0 Å². The van der Waals surface area contributed by atoms with Crippen LogP contribution < -0.4 is 10.5 Å². The van der Waals surface area contributed by atoms with Crippen molar-refractivity contribution in [3.8, 4) is 5.75 Å². The molecule has 2 N–H and O–H groups in total. The zero-order chi connectivity index (χ0) is 10.2. The molecule has 1 aromatic carbocycles. The molecule has 0 atom stereocenters. The lowest BCUT2D eigenvalue weighted by molar-refractivity contribution is 0.317. The number of hydrogen-bond donors (Lipinski definition) is 1. The topological polar surface area (TPSA) is 35.2 Å². The van der Waals surface area contributed by atoms with Crippen LogP contribution in [0.4, 0.5) is 0 Å². The minimum Gasteiger partial charge on any atom is -0.494 e. The summed E-state index contributed by atoms with van der Waals surface area (Å²) in [7, 11) is 0. The Morgan fingerprint density at radius 3 is 2.50 bits per heavy atom. The number of ether oxygens (including phenoxy) is 1. The molecular weight excluding hydrogens is 174 g/mol. The van der Waals surface area contributed by atoms with Crippen LogP contribution in [0.3, 0.4) is 0 Å². The fraction of sp³-hybridized carbons (Fsp3) is 0.500. The van der Waals surface area contributed by atoms with Gasteiger partial charge in [0.1, 0.15) is 5.75 Å². The van der Waals surface area contributed by atoms with Crippen LogP contribution in [-0.2, 0) is 6.42 Å². The molecule has 78 valence electrons. The van der Waals surface area contributed by atoms with Gasteiger partial charge in [-0.05, 0) is 43.5 Å². The van der Waals surface area contributed by atoms with Crippen molar-refractivity contribution in [2.45, 2.75) is 26.2 Å². The maximum absolute atomic E-state index is 5.49. The molecule has 2 nitrogen and oxygen atoms in total. The van der Waals surface area contributed by atoms with Crippen molar-refractivity contribution in [1.29, 1.82) is 0 Å². The molecule has 0 aliphatic rings. The minimum absolute atomic E-state index is 0.758. The van der Waals surface area contributed by atoms with Crippen molar-refractivity contribution >= 4 is 0 Å². The minimum atomic E-state index is 0.758. The first-order chi connectivity index (χ1) is 6.86. The predicted molar refractivity (Wildman–Crippen MR) is 59.6 cm³/mol. The van der Waals surface area contributed by atoms with Crippen LogP contribution in [0.25, 0.3) is 0 Å². The van der Waals surface area contributed by atoms with E-state index in [0.29, 0.717) is 0 Å². The van der Waals surface area contributed by atoms with Crippen molar-refractivity contribution < 1.29 is 4.74 Å². The van der Waals surface area contributed by atoms with Gasteiger partial charge in [0.05, 0.1) is 6.61 Å². The van der Waals surface area contributed by atoms with Gasteiger partial charge in [-0.25, -0.2) is 0 Å². The van der Waals surface area contributed by atoms with E-state index in [1.807, 2.05) is 12.1 Å². The van der Waals surface area contributed by atoms with E-state index in [0.717, 1.165) is 38.2 Å². The second-order valence-electron chi connectivity index (χ2n) is 3.38. The first-order valence-corrected chi connectivity index (χ1v) is 5.28. The Hall–Kier alpha value is -1.02. The molecule has 1 rings (SSSR count). The van der Waals surface area contributed by atoms with Crippen LogP contribution in [0.1, 0.15) is 25.3 Å². The molecule has 0 saturated heterocycles. The van der Waals surface area contributed by atoms with E-state index >= 15 is 0 Å². The summed E-state index contributed by atoms with van der Waals surface area (Å²) in [6.45, 7) is 3.66. The lowest BCUT2D eigenvalue weighted by atomic mass is 10.1. The van der Waals surface area contributed by atoms with Crippen LogP contribution in [0.5, 0.6) is 5.75 Å². The molecule has 0 bridgehead atoms. The number of hydrogen-bond acceptors (Lipinski definition) is 2. The Morgan fingerprint density at radius 2 is 1.93 bits per heavy atom. The molecule has 2 heteroatoms. The summed E-state index contributed by atoms with van der Waals surface area (Å²) in [5.74, 6) is 0.961.